The number of benzene rings is 1. The zero-order valence-corrected chi connectivity index (χ0v) is 28.8. The third-order valence-electron chi connectivity index (χ3n) is 8.26. The van der Waals surface area contributed by atoms with Crippen LogP contribution in [0.5, 0.6) is 5.75 Å². The molecule has 3 aromatic rings. The predicted molar refractivity (Wildman–Crippen MR) is 175 cm³/mol. The molecule has 0 radical (unpaired) electrons. The van der Waals surface area contributed by atoms with Gasteiger partial charge < -0.3 is 19.2 Å². The van der Waals surface area contributed by atoms with Crippen LogP contribution in [-0.4, -0.2) is 60.0 Å². The predicted octanol–water partition coefficient (Wildman–Crippen LogP) is 8.04. The Hall–Kier alpha value is -2.49. The molecular formula is C33H53N5O3Si. The maximum atomic E-state index is 6.85. The molecule has 3 heterocycles. The van der Waals surface area contributed by atoms with E-state index < -0.39 is 8.32 Å². The van der Waals surface area contributed by atoms with Crippen LogP contribution in [0, 0.1) is 5.41 Å². The molecule has 0 spiro atoms. The molecule has 0 bridgehead atoms. The van der Waals surface area contributed by atoms with Crippen LogP contribution in [0.1, 0.15) is 81.6 Å². The summed E-state index contributed by atoms with van der Waals surface area (Å²) in [4.78, 5) is 10.1. The van der Waals surface area contributed by atoms with E-state index in [2.05, 4.69) is 80.7 Å². The lowest BCUT2D eigenvalue weighted by atomic mass is 9.89. The lowest BCUT2D eigenvalue weighted by Crippen LogP contribution is -2.46. The summed E-state index contributed by atoms with van der Waals surface area (Å²) in [5, 5.41) is 9.46. The number of hydrogen-bond donors (Lipinski definition) is 1. The maximum absolute atomic E-state index is 6.85. The number of aromatic nitrogens is 4. The minimum atomic E-state index is -1.96. The third-order valence-corrected chi connectivity index (χ3v) is 12.8. The Morgan fingerprint density at radius 3 is 2.33 bits per heavy atom. The molecule has 1 fully saturated rings. The van der Waals surface area contributed by atoms with Crippen LogP contribution in [0.4, 0.5) is 5.82 Å². The topological polar surface area (TPSA) is 83.3 Å². The molecule has 42 heavy (non-hydrogen) atoms. The summed E-state index contributed by atoms with van der Waals surface area (Å²) in [5.41, 5.74) is 1.64. The van der Waals surface area contributed by atoms with Crippen molar-refractivity contribution in [3.05, 3.63) is 30.5 Å². The van der Waals surface area contributed by atoms with Crippen molar-refractivity contribution in [2.24, 2.45) is 5.41 Å². The smallest absolute Gasteiger partial charge is 0.192 e. The first kappa shape index (κ1) is 32.4. The first-order chi connectivity index (χ1) is 19.4. The van der Waals surface area contributed by atoms with E-state index >= 15 is 0 Å². The van der Waals surface area contributed by atoms with Crippen LogP contribution in [0.3, 0.4) is 0 Å². The van der Waals surface area contributed by atoms with E-state index in [1.54, 1.807) is 0 Å². The summed E-state index contributed by atoms with van der Waals surface area (Å²) in [6, 6.07) is 8.40. The fourth-order valence-electron chi connectivity index (χ4n) is 5.00. The van der Waals surface area contributed by atoms with Gasteiger partial charge in [-0.2, -0.15) is 5.10 Å². The number of ether oxygens (including phenoxy) is 2. The van der Waals surface area contributed by atoms with Crippen molar-refractivity contribution in [1.82, 2.24) is 19.7 Å². The molecule has 0 amide bonds. The molecule has 8 nitrogen and oxygen atoms in total. The monoisotopic (exact) mass is 595 g/mol. The molecular weight excluding hydrogens is 542 g/mol. The van der Waals surface area contributed by atoms with Gasteiger partial charge in [0.05, 0.1) is 23.2 Å². The van der Waals surface area contributed by atoms with Crippen molar-refractivity contribution in [2.75, 3.05) is 25.1 Å². The number of hydrogen-bond acceptors (Lipinski definition) is 7. The van der Waals surface area contributed by atoms with Crippen molar-refractivity contribution in [3.63, 3.8) is 0 Å². The highest BCUT2D eigenvalue weighted by Crippen LogP contribution is 2.39. The summed E-state index contributed by atoms with van der Waals surface area (Å²) >= 11 is 0. The molecule has 1 saturated heterocycles. The minimum Gasteiger partial charge on any atom is -0.491 e. The first-order valence-corrected chi connectivity index (χ1v) is 18.4. The van der Waals surface area contributed by atoms with Gasteiger partial charge in [-0.15, -0.1) is 0 Å². The van der Waals surface area contributed by atoms with Crippen molar-refractivity contribution >= 4 is 25.2 Å². The number of anilines is 1. The van der Waals surface area contributed by atoms with Crippen LogP contribution in [0.2, 0.25) is 18.1 Å². The van der Waals surface area contributed by atoms with Crippen LogP contribution < -0.4 is 10.1 Å². The van der Waals surface area contributed by atoms with Crippen LogP contribution >= 0.6 is 0 Å². The zero-order chi connectivity index (χ0) is 30.9. The Balaban J connectivity index is 1.63. The number of nitrogens with one attached hydrogen (secondary N) is 1. The quantitative estimate of drug-likeness (QED) is 0.251. The van der Waals surface area contributed by atoms with Crippen LogP contribution in [-0.2, 0) is 14.7 Å². The van der Waals surface area contributed by atoms with E-state index in [1.165, 1.54) is 0 Å². The molecule has 2 aromatic heterocycles. The largest absolute Gasteiger partial charge is 0.491 e. The Morgan fingerprint density at radius 2 is 1.71 bits per heavy atom. The molecule has 1 aliphatic heterocycles. The van der Waals surface area contributed by atoms with Crippen molar-refractivity contribution in [1.29, 1.82) is 0 Å². The summed E-state index contributed by atoms with van der Waals surface area (Å²) in [6.45, 7) is 26.7. The second-order valence-corrected chi connectivity index (χ2v) is 20.3. The number of rotatable bonds is 9. The molecule has 0 saturated carbocycles. The Kier molecular flexibility index (Phi) is 9.45. The molecule has 9 heteroatoms. The average molecular weight is 596 g/mol. The fourth-order valence-corrected chi connectivity index (χ4v) is 6.34. The molecule has 1 N–H and O–H groups in total. The van der Waals surface area contributed by atoms with Gasteiger partial charge in [-0.25, -0.2) is 14.6 Å². The average Bonchev–Trinajstić information content (AvgIpc) is 3.32. The van der Waals surface area contributed by atoms with Gasteiger partial charge >= 0.3 is 0 Å². The Labute approximate surface area is 254 Å². The van der Waals surface area contributed by atoms with Gasteiger partial charge in [0.1, 0.15) is 18.2 Å². The standard InChI is InChI=1S/C33H53N5O3Si/c1-31(2,3)20-26(41-42(10,11)33(7,8)9)22-40-25-14-12-13-23(19-25)28-36-29(35-24-15-17-39-18-16-24)27-21-34-38(30(27)37-28)32(4,5)6/h12-14,19,21,24,26H,15-18,20,22H2,1-11H3,(H,35,36,37). The lowest BCUT2D eigenvalue weighted by molar-refractivity contribution is 0.0789. The fraction of sp³-hybridized carbons (Fsp3) is 0.667. The van der Waals surface area contributed by atoms with Gasteiger partial charge in [0, 0.05) is 24.8 Å². The number of fused-ring (bicyclic) bond motifs is 1. The molecule has 0 aliphatic carbocycles. The van der Waals surface area contributed by atoms with Gasteiger partial charge in [0.25, 0.3) is 0 Å². The van der Waals surface area contributed by atoms with Crippen LogP contribution in [0.15, 0.2) is 30.5 Å². The molecule has 1 aromatic carbocycles. The zero-order valence-electron chi connectivity index (χ0n) is 27.8. The summed E-state index contributed by atoms with van der Waals surface area (Å²) in [7, 11) is -1.96. The summed E-state index contributed by atoms with van der Waals surface area (Å²) < 4.78 is 20.8. The highest BCUT2D eigenvalue weighted by Gasteiger charge is 2.40. The Bertz CT molecular complexity index is 1340. The van der Waals surface area contributed by atoms with Crippen molar-refractivity contribution < 1.29 is 13.9 Å². The van der Waals surface area contributed by atoms with E-state index in [9.17, 15) is 0 Å². The minimum absolute atomic E-state index is 0.0126. The summed E-state index contributed by atoms with van der Waals surface area (Å²) in [5.74, 6) is 2.26. The second kappa shape index (κ2) is 12.2. The second-order valence-electron chi connectivity index (χ2n) is 15.5. The normalized spacial score (nSPS) is 16.5. The van der Waals surface area contributed by atoms with Gasteiger partial charge in [0.15, 0.2) is 19.8 Å². The van der Waals surface area contributed by atoms with Gasteiger partial charge in [-0.1, -0.05) is 53.7 Å². The third kappa shape index (κ3) is 8.11. The SMILES string of the molecule is CC(C)(C)CC(COc1cccc(-c2nc(NC3CCOCC3)c3cnn(C(C)(C)C)c3n2)c1)O[Si](C)(C)C(C)(C)C. The van der Waals surface area contributed by atoms with E-state index in [1.807, 2.05) is 35.1 Å². The van der Waals surface area contributed by atoms with Crippen LogP contribution in [0.25, 0.3) is 22.4 Å². The molecule has 1 atom stereocenters. The van der Waals surface area contributed by atoms with E-state index in [-0.39, 0.29) is 22.1 Å². The van der Waals surface area contributed by atoms with Crippen molar-refractivity contribution in [3.8, 4) is 17.1 Å². The Morgan fingerprint density at radius 1 is 1.02 bits per heavy atom. The maximum Gasteiger partial charge on any atom is 0.192 e. The highest BCUT2D eigenvalue weighted by molar-refractivity contribution is 6.74. The molecule has 4 rings (SSSR count). The first-order valence-electron chi connectivity index (χ1n) is 15.4. The van der Waals surface area contributed by atoms with E-state index in [0.717, 1.165) is 60.6 Å². The summed E-state index contributed by atoms with van der Waals surface area (Å²) in [6.07, 6.45) is 4.72. The molecule has 232 valence electrons. The van der Waals surface area contributed by atoms with E-state index in [4.69, 9.17) is 29.0 Å². The van der Waals surface area contributed by atoms with Gasteiger partial charge in [-0.3, -0.25) is 0 Å². The van der Waals surface area contributed by atoms with Gasteiger partial charge in [0.2, 0.25) is 0 Å². The molecule has 1 aliphatic rings. The van der Waals surface area contributed by atoms with E-state index in [0.29, 0.717) is 18.5 Å². The van der Waals surface area contributed by atoms with Gasteiger partial charge in [-0.05, 0) is 75.7 Å². The van der Waals surface area contributed by atoms with Crippen molar-refractivity contribution in [2.45, 2.75) is 117 Å². The highest BCUT2D eigenvalue weighted by atomic mass is 28.4. The number of nitrogens with zero attached hydrogens (tertiary/aromatic N) is 4. The lowest BCUT2D eigenvalue weighted by Gasteiger charge is -2.40. The molecule has 1 unspecified atom stereocenters.